The number of alkyl halides is 3. The van der Waals surface area contributed by atoms with Gasteiger partial charge in [-0.3, -0.25) is 0 Å². The maximum Gasteiger partial charge on any atom is 0.419 e. The Morgan fingerprint density at radius 2 is 1.95 bits per heavy atom. The van der Waals surface area contributed by atoms with Crippen LogP contribution in [-0.2, 0) is 6.18 Å². The smallest absolute Gasteiger partial charge is 0.336 e. The second-order valence-electron chi connectivity index (χ2n) is 4.63. The van der Waals surface area contributed by atoms with Crippen molar-refractivity contribution >= 4 is 11.2 Å². The van der Waals surface area contributed by atoms with Crippen LogP contribution in [0.25, 0.3) is 22.6 Å². The molecule has 0 saturated carbocycles. The minimum atomic E-state index is -4.75. The third kappa shape index (κ3) is 2.35. The number of nitrogens with zero attached hydrogens (tertiary/aromatic N) is 2. The molecule has 2 aromatic heterocycles. The van der Waals surface area contributed by atoms with E-state index in [0.717, 1.165) is 11.6 Å². The van der Waals surface area contributed by atoms with Crippen LogP contribution < -0.4 is 0 Å². The molecule has 3 nitrogen and oxygen atoms in total. The van der Waals surface area contributed by atoms with Crippen molar-refractivity contribution in [2.45, 2.75) is 13.1 Å². The number of pyridine rings is 1. The summed E-state index contributed by atoms with van der Waals surface area (Å²) in [5.41, 5.74) is 0.182. The standard InChI is InChI=1S/C14H9F4N3/c1-7-5-10-13(19-6-7)21-12(20-10)8-3-2-4-9(11(8)15)14(16,17)18/h2-6H,1H3,(H,19,20,21). The van der Waals surface area contributed by atoms with E-state index in [1.807, 2.05) is 6.92 Å². The summed E-state index contributed by atoms with van der Waals surface area (Å²) in [6.07, 6.45) is -3.17. The predicted octanol–water partition coefficient (Wildman–Crippen LogP) is 4.09. The van der Waals surface area contributed by atoms with Crippen molar-refractivity contribution in [2.24, 2.45) is 0 Å². The lowest BCUT2D eigenvalue weighted by Crippen LogP contribution is -2.08. The van der Waals surface area contributed by atoms with Crippen LogP contribution in [0.1, 0.15) is 11.1 Å². The van der Waals surface area contributed by atoms with Crippen molar-refractivity contribution in [2.75, 3.05) is 0 Å². The van der Waals surface area contributed by atoms with Gasteiger partial charge in [-0.2, -0.15) is 13.2 Å². The number of halogens is 4. The van der Waals surface area contributed by atoms with Crippen LogP contribution >= 0.6 is 0 Å². The van der Waals surface area contributed by atoms with Crippen molar-refractivity contribution in [3.8, 4) is 11.4 Å². The fourth-order valence-electron chi connectivity index (χ4n) is 2.07. The summed E-state index contributed by atoms with van der Waals surface area (Å²) in [5, 5.41) is 0. The van der Waals surface area contributed by atoms with Crippen LogP contribution in [0.2, 0.25) is 0 Å². The average Bonchev–Trinajstić information content (AvgIpc) is 2.80. The first-order valence-electron chi connectivity index (χ1n) is 6.04. The van der Waals surface area contributed by atoms with Crippen molar-refractivity contribution in [1.82, 2.24) is 15.0 Å². The Hall–Kier alpha value is -2.44. The van der Waals surface area contributed by atoms with E-state index >= 15 is 0 Å². The molecule has 0 radical (unpaired) electrons. The number of imidazole rings is 1. The summed E-state index contributed by atoms with van der Waals surface area (Å²) >= 11 is 0. The van der Waals surface area contributed by atoms with Gasteiger partial charge in [0.15, 0.2) is 5.65 Å². The minimum Gasteiger partial charge on any atom is -0.336 e. The van der Waals surface area contributed by atoms with Crippen molar-refractivity contribution in [1.29, 1.82) is 0 Å². The van der Waals surface area contributed by atoms with E-state index in [9.17, 15) is 17.6 Å². The Balaban J connectivity index is 2.19. The normalized spacial score (nSPS) is 12.0. The number of aryl methyl sites for hydroxylation is 1. The lowest BCUT2D eigenvalue weighted by molar-refractivity contribution is -0.139. The summed E-state index contributed by atoms with van der Waals surface area (Å²) in [6.45, 7) is 1.82. The summed E-state index contributed by atoms with van der Waals surface area (Å²) in [5.74, 6) is -1.33. The molecule has 7 heteroatoms. The molecule has 0 aliphatic heterocycles. The number of aromatic amines is 1. The molecule has 0 aliphatic carbocycles. The average molecular weight is 295 g/mol. The van der Waals surface area contributed by atoms with Gasteiger partial charge in [-0.05, 0) is 30.7 Å². The Morgan fingerprint density at radius 1 is 1.19 bits per heavy atom. The lowest BCUT2D eigenvalue weighted by atomic mass is 10.1. The molecule has 0 atom stereocenters. The highest BCUT2D eigenvalue weighted by molar-refractivity contribution is 5.76. The number of hydrogen-bond acceptors (Lipinski definition) is 2. The van der Waals surface area contributed by atoms with Gasteiger partial charge in [0.1, 0.15) is 11.6 Å². The summed E-state index contributed by atoms with van der Waals surface area (Å²) in [7, 11) is 0. The maximum absolute atomic E-state index is 14.1. The number of fused-ring (bicyclic) bond motifs is 1. The highest BCUT2D eigenvalue weighted by Gasteiger charge is 2.35. The number of aromatic nitrogens is 3. The van der Waals surface area contributed by atoms with Crippen molar-refractivity contribution in [3.63, 3.8) is 0 Å². The van der Waals surface area contributed by atoms with Gasteiger partial charge in [-0.1, -0.05) is 6.07 Å². The number of nitrogens with one attached hydrogen (secondary N) is 1. The second kappa shape index (κ2) is 4.54. The number of H-pyrrole nitrogens is 1. The van der Waals surface area contributed by atoms with Crippen molar-refractivity contribution in [3.05, 3.63) is 47.4 Å². The van der Waals surface area contributed by atoms with Crippen LogP contribution in [0.15, 0.2) is 30.5 Å². The van der Waals surface area contributed by atoms with Gasteiger partial charge in [-0.15, -0.1) is 0 Å². The molecule has 3 rings (SSSR count). The lowest BCUT2D eigenvalue weighted by Gasteiger charge is -2.09. The fourth-order valence-corrected chi connectivity index (χ4v) is 2.07. The molecule has 0 spiro atoms. The first-order valence-corrected chi connectivity index (χ1v) is 6.04. The molecular weight excluding hydrogens is 286 g/mol. The Morgan fingerprint density at radius 3 is 2.67 bits per heavy atom. The van der Waals surface area contributed by atoms with Crippen molar-refractivity contribution < 1.29 is 17.6 Å². The monoisotopic (exact) mass is 295 g/mol. The summed E-state index contributed by atoms with van der Waals surface area (Å²) in [4.78, 5) is 10.9. The van der Waals surface area contributed by atoms with Gasteiger partial charge in [0.25, 0.3) is 0 Å². The molecule has 1 aromatic carbocycles. The van der Waals surface area contributed by atoms with E-state index in [2.05, 4.69) is 15.0 Å². The van der Waals surface area contributed by atoms with E-state index in [-0.39, 0.29) is 11.4 Å². The van der Waals surface area contributed by atoms with Gasteiger partial charge >= 0.3 is 6.18 Å². The Bertz CT molecular complexity index is 821. The van der Waals surface area contributed by atoms with Crippen LogP contribution in [0.4, 0.5) is 17.6 Å². The molecule has 0 aliphatic rings. The molecule has 0 bridgehead atoms. The number of hydrogen-bond donors (Lipinski definition) is 1. The van der Waals surface area contributed by atoms with E-state index in [1.165, 1.54) is 6.07 Å². The quantitative estimate of drug-likeness (QED) is 0.687. The van der Waals surface area contributed by atoms with Gasteiger partial charge in [0.05, 0.1) is 16.6 Å². The zero-order valence-electron chi connectivity index (χ0n) is 10.8. The molecule has 21 heavy (non-hydrogen) atoms. The van der Waals surface area contributed by atoms with E-state index in [0.29, 0.717) is 17.2 Å². The zero-order chi connectivity index (χ0) is 15.2. The van der Waals surface area contributed by atoms with E-state index in [1.54, 1.807) is 12.3 Å². The molecule has 3 aromatic rings. The molecule has 108 valence electrons. The third-order valence-corrected chi connectivity index (χ3v) is 3.03. The van der Waals surface area contributed by atoms with Gasteiger partial charge in [-0.25, -0.2) is 14.4 Å². The Labute approximate surface area is 116 Å². The summed E-state index contributed by atoms with van der Waals surface area (Å²) in [6, 6.07) is 4.83. The highest BCUT2D eigenvalue weighted by atomic mass is 19.4. The second-order valence-corrected chi connectivity index (χ2v) is 4.63. The largest absolute Gasteiger partial charge is 0.419 e. The highest BCUT2D eigenvalue weighted by Crippen LogP contribution is 2.35. The molecule has 0 amide bonds. The SMILES string of the molecule is Cc1cnc2nc(-c3cccc(C(F)(F)F)c3F)[nH]c2c1. The van der Waals surface area contributed by atoms with E-state index in [4.69, 9.17) is 0 Å². The molecule has 2 heterocycles. The van der Waals surface area contributed by atoms with Crippen LogP contribution in [-0.4, -0.2) is 15.0 Å². The third-order valence-electron chi connectivity index (χ3n) is 3.03. The zero-order valence-corrected chi connectivity index (χ0v) is 10.8. The topological polar surface area (TPSA) is 41.6 Å². The first kappa shape index (κ1) is 13.5. The number of benzene rings is 1. The van der Waals surface area contributed by atoms with E-state index < -0.39 is 17.6 Å². The summed E-state index contributed by atoms with van der Waals surface area (Å²) < 4.78 is 52.2. The van der Waals surface area contributed by atoms with Gasteiger partial charge in [0, 0.05) is 6.20 Å². The fraction of sp³-hybridized carbons (Fsp3) is 0.143. The Kier molecular flexibility index (Phi) is 2.93. The van der Waals surface area contributed by atoms with Crippen LogP contribution in [0.5, 0.6) is 0 Å². The maximum atomic E-state index is 14.1. The van der Waals surface area contributed by atoms with Crippen LogP contribution in [0, 0.1) is 12.7 Å². The molecule has 0 unspecified atom stereocenters. The molecular formula is C14H9F4N3. The number of rotatable bonds is 1. The predicted molar refractivity (Wildman–Crippen MR) is 69.0 cm³/mol. The van der Waals surface area contributed by atoms with Gasteiger partial charge < -0.3 is 4.98 Å². The molecule has 0 fully saturated rings. The molecule has 1 N–H and O–H groups in total. The first-order chi connectivity index (χ1) is 9.86. The molecule has 0 saturated heterocycles. The minimum absolute atomic E-state index is 0.0201. The van der Waals surface area contributed by atoms with Gasteiger partial charge in [0.2, 0.25) is 0 Å². The van der Waals surface area contributed by atoms with Crippen LogP contribution in [0.3, 0.4) is 0 Å².